The number of benzene rings is 2. The quantitative estimate of drug-likeness (QED) is 0.627. The average Bonchev–Trinajstić information content (AvgIpc) is 3.13. The van der Waals surface area contributed by atoms with Gasteiger partial charge in [-0.1, -0.05) is 18.2 Å². The predicted octanol–water partition coefficient (Wildman–Crippen LogP) is 3.13. The molecule has 0 aliphatic carbocycles. The summed E-state index contributed by atoms with van der Waals surface area (Å²) in [5, 5.41) is 2.83. The molecule has 1 saturated heterocycles. The van der Waals surface area contributed by atoms with Crippen molar-refractivity contribution < 1.29 is 28.2 Å². The summed E-state index contributed by atoms with van der Waals surface area (Å²) in [6, 6.07) is 9.19. The van der Waals surface area contributed by atoms with Crippen LogP contribution < -0.4 is 15.8 Å². The van der Waals surface area contributed by atoms with E-state index in [9.17, 15) is 18.8 Å². The second kappa shape index (κ2) is 10.2. The van der Waals surface area contributed by atoms with Crippen molar-refractivity contribution in [2.45, 2.75) is 45.4 Å². The zero-order valence-electron chi connectivity index (χ0n) is 19.8. The van der Waals surface area contributed by atoms with Gasteiger partial charge in [-0.15, -0.1) is 0 Å². The SMILES string of the molecule is CCOc1cccc(F)c1C(=O)c1ccc(C(=O)N[C@@H]2CN(C(=O)OC(C)(C)C)C[C@H]2N)cc1. The van der Waals surface area contributed by atoms with Crippen molar-refractivity contribution in [3.8, 4) is 5.75 Å². The molecule has 3 rings (SSSR count). The van der Waals surface area contributed by atoms with Gasteiger partial charge in [-0.25, -0.2) is 9.18 Å². The van der Waals surface area contributed by atoms with Crippen LogP contribution in [0.15, 0.2) is 42.5 Å². The van der Waals surface area contributed by atoms with Crippen molar-refractivity contribution in [1.29, 1.82) is 0 Å². The molecule has 9 heteroatoms. The second-order valence-electron chi connectivity index (χ2n) is 9.08. The number of halogens is 1. The number of rotatable bonds is 6. The smallest absolute Gasteiger partial charge is 0.410 e. The van der Waals surface area contributed by atoms with E-state index < -0.39 is 41.3 Å². The highest BCUT2D eigenvalue weighted by molar-refractivity contribution is 6.11. The minimum absolute atomic E-state index is 0.152. The highest BCUT2D eigenvalue weighted by atomic mass is 19.1. The molecule has 0 bridgehead atoms. The number of likely N-dealkylation sites (tertiary alicyclic amines) is 1. The maximum absolute atomic E-state index is 14.3. The summed E-state index contributed by atoms with van der Waals surface area (Å²) in [5.41, 5.74) is 5.86. The molecule has 3 N–H and O–H groups in total. The summed E-state index contributed by atoms with van der Waals surface area (Å²) >= 11 is 0. The normalized spacial score (nSPS) is 17.9. The fourth-order valence-electron chi connectivity index (χ4n) is 3.63. The Bertz CT molecular complexity index is 1070. The minimum atomic E-state index is -0.678. The molecular formula is C25H30FN3O5. The summed E-state index contributed by atoms with van der Waals surface area (Å²) < 4.78 is 25.1. The predicted molar refractivity (Wildman–Crippen MR) is 124 cm³/mol. The molecule has 1 heterocycles. The molecule has 34 heavy (non-hydrogen) atoms. The molecule has 2 aromatic rings. The van der Waals surface area contributed by atoms with Gasteiger partial charge in [-0.3, -0.25) is 9.59 Å². The van der Waals surface area contributed by atoms with E-state index in [0.717, 1.165) is 0 Å². The van der Waals surface area contributed by atoms with Gasteiger partial charge in [-0.2, -0.15) is 0 Å². The number of ether oxygens (including phenoxy) is 2. The number of amides is 2. The van der Waals surface area contributed by atoms with E-state index in [1.54, 1.807) is 27.7 Å². The van der Waals surface area contributed by atoms with E-state index in [1.807, 2.05) is 0 Å². The molecule has 0 radical (unpaired) electrons. The Morgan fingerprint density at radius 3 is 2.35 bits per heavy atom. The van der Waals surface area contributed by atoms with Crippen LogP contribution in [0.3, 0.4) is 0 Å². The topological polar surface area (TPSA) is 111 Å². The number of nitrogens with zero attached hydrogens (tertiary/aromatic N) is 1. The Labute approximate surface area is 198 Å². The molecule has 2 aromatic carbocycles. The van der Waals surface area contributed by atoms with Gasteiger partial charge in [0, 0.05) is 30.3 Å². The van der Waals surface area contributed by atoms with Gasteiger partial charge in [0.2, 0.25) is 0 Å². The van der Waals surface area contributed by atoms with Gasteiger partial charge in [0.25, 0.3) is 5.91 Å². The Hall–Kier alpha value is -3.46. The Balaban J connectivity index is 1.67. The van der Waals surface area contributed by atoms with Crippen LogP contribution in [-0.2, 0) is 4.74 Å². The highest BCUT2D eigenvalue weighted by Gasteiger charge is 2.36. The third-order valence-corrected chi connectivity index (χ3v) is 5.24. The first kappa shape index (κ1) is 25.2. The summed E-state index contributed by atoms with van der Waals surface area (Å²) in [7, 11) is 0. The van der Waals surface area contributed by atoms with Crippen LogP contribution in [0.2, 0.25) is 0 Å². The first-order valence-electron chi connectivity index (χ1n) is 11.1. The van der Waals surface area contributed by atoms with Crippen LogP contribution in [0.25, 0.3) is 0 Å². The number of carbonyl (C=O) groups excluding carboxylic acids is 3. The van der Waals surface area contributed by atoms with Crippen molar-refractivity contribution in [3.05, 3.63) is 65.0 Å². The van der Waals surface area contributed by atoms with Crippen molar-refractivity contribution >= 4 is 17.8 Å². The number of hydrogen-bond donors (Lipinski definition) is 2. The van der Waals surface area contributed by atoms with E-state index in [4.69, 9.17) is 15.2 Å². The maximum atomic E-state index is 14.3. The molecule has 2 amide bonds. The third kappa shape index (κ3) is 5.91. The molecule has 0 unspecified atom stereocenters. The fraction of sp³-hybridized carbons (Fsp3) is 0.400. The van der Waals surface area contributed by atoms with Crippen LogP contribution in [0.1, 0.15) is 54.0 Å². The van der Waals surface area contributed by atoms with Crippen molar-refractivity contribution in [2.75, 3.05) is 19.7 Å². The van der Waals surface area contributed by atoms with Crippen molar-refractivity contribution in [1.82, 2.24) is 10.2 Å². The van der Waals surface area contributed by atoms with E-state index in [2.05, 4.69) is 5.32 Å². The zero-order chi connectivity index (χ0) is 25.0. The number of nitrogens with two attached hydrogens (primary N) is 1. The molecule has 2 atom stereocenters. The van der Waals surface area contributed by atoms with Gasteiger partial charge in [0.15, 0.2) is 5.78 Å². The Kier molecular flexibility index (Phi) is 7.56. The highest BCUT2D eigenvalue weighted by Crippen LogP contribution is 2.25. The average molecular weight is 472 g/mol. The standard InChI is InChI=1S/C25H30FN3O5/c1-5-33-20-8-6-7-17(26)21(20)22(30)15-9-11-16(12-10-15)23(31)28-19-14-29(13-18(19)27)24(32)34-25(2,3)4/h6-12,18-19H,5,13-14,27H2,1-4H3,(H,28,31)/t18-,19-/m1/s1. The minimum Gasteiger partial charge on any atom is -0.493 e. The van der Waals surface area contributed by atoms with Gasteiger partial charge in [-0.05, 0) is 52.0 Å². The van der Waals surface area contributed by atoms with Crippen LogP contribution in [0.5, 0.6) is 5.75 Å². The van der Waals surface area contributed by atoms with Gasteiger partial charge < -0.3 is 25.4 Å². The molecule has 0 aromatic heterocycles. The van der Waals surface area contributed by atoms with Crippen molar-refractivity contribution in [2.24, 2.45) is 5.73 Å². The van der Waals surface area contributed by atoms with Crippen LogP contribution in [-0.4, -0.2) is 60.1 Å². The third-order valence-electron chi connectivity index (χ3n) is 5.24. The molecule has 1 aliphatic rings. The molecular weight excluding hydrogens is 441 g/mol. The van der Waals surface area contributed by atoms with E-state index >= 15 is 0 Å². The lowest BCUT2D eigenvalue weighted by Gasteiger charge is -2.24. The Morgan fingerprint density at radius 2 is 1.74 bits per heavy atom. The number of nitrogens with one attached hydrogen (secondary N) is 1. The summed E-state index contributed by atoms with van der Waals surface area (Å²) in [5.74, 6) is -1.45. The first-order valence-corrected chi connectivity index (χ1v) is 11.1. The van der Waals surface area contributed by atoms with E-state index in [0.29, 0.717) is 5.56 Å². The zero-order valence-corrected chi connectivity index (χ0v) is 19.8. The van der Waals surface area contributed by atoms with Crippen molar-refractivity contribution in [3.63, 3.8) is 0 Å². The fourth-order valence-corrected chi connectivity index (χ4v) is 3.63. The van der Waals surface area contributed by atoms with Gasteiger partial charge >= 0.3 is 6.09 Å². The lowest BCUT2D eigenvalue weighted by atomic mass is 10.0. The molecule has 1 aliphatic heterocycles. The summed E-state index contributed by atoms with van der Waals surface area (Å²) in [4.78, 5) is 39.4. The summed E-state index contributed by atoms with van der Waals surface area (Å²) in [6.07, 6.45) is -0.484. The molecule has 0 saturated carbocycles. The monoisotopic (exact) mass is 471 g/mol. The molecule has 8 nitrogen and oxygen atoms in total. The van der Waals surface area contributed by atoms with Crippen LogP contribution in [0.4, 0.5) is 9.18 Å². The molecule has 1 fully saturated rings. The summed E-state index contributed by atoms with van der Waals surface area (Å²) in [6.45, 7) is 7.85. The lowest BCUT2D eigenvalue weighted by Crippen LogP contribution is -2.46. The van der Waals surface area contributed by atoms with Gasteiger partial charge in [0.05, 0.1) is 12.6 Å². The Morgan fingerprint density at radius 1 is 1.09 bits per heavy atom. The molecule has 0 spiro atoms. The molecule has 182 valence electrons. The lowest BCUT2D eigenvalue weighted by molar-refractivity contribution is 0.0288. The van der Waals surface area contributed by atoms with Crippen LogP contribution in [0, 0.1) is 5.82 Å². The number of carbonyl (C=O) groups is 3. The van der Waals surface area contributed by atoms with E-state index in [1.165, 1.54) is 47.4 Å². The first-order chi connectivity index (χ1) is 16.0. The maximum Gasteiger partial charge on any atom is 0.410 e. The second-order valence-corrected chi connectivity index (χ2v) is 9.08. The number of hydrogen-bond acceptors (Lipinski definition) is 6. The van der Waals surface area contributed by atoms with Crippen LogP contribution >= 0.6 is 0 Å². The largest absolute Gasteiger partial charge is 0.493 e. The number of ketones is 1. The van der Waals surface area contributed by atoms with E-state index in [-0.39, 0.29) is 36.6 Å². The van der Waals surface area contributed by atoms with Gasteiger partial charge in [0.1, 0.15) is 22.7 Å².